The van der Waals surface area contributed by atoms with Crippen LogP contribution in [0, 0.1) is 0 Å². The highest BCUT2D eigenvalue weighted by atomic mass is 32.1. The minimum atomic E-state index is 0.581. The molecule has 1 aliphatic rings. The number of nitrogens with two attached hydrogens (primary N) is 1. The molecule has 4 rings (SSSR count). The van der Waals surface area contributed by atoms with Crippen molar-refractivity contribution in [2.45, 2.75) is 38.3 Å². The predicted molar refractivity (Wildman–Crippen MR) is 107 cm³/mol. The Morgan fingerprint density at radius 1 is 1.28 bits per heavy atom. The Morgan fingerprint density at radius 2 is 2.24 bits per heavy atom. The second-order valence-corrected chi connectivity index (χ2v) is 7.61. The van der Waals surface area contributed by atoms with Crippen molar-refractivity contribution in [1.29, 1.82) is 0 Å². The van der Waals surface area contributed by atoms with Crippen LogP contribution in [0.25, 0.3) is 10.9 Å². The van der Waals surface area contributed by atoms with Gasteiger partial charge in [-0.05, 0) is 61.5 Å². The van der Waals surface area contributed by atoms with E-state index in [2.05, 4.69) is 45.3 Å². The van der Waals surface area contributed by atoms with Crippen molar-refractivity contribution >= 4 is 33.8 Å². The molecular formula is C20H24N4S. The average Bonchev–Trinajstić information content (AvgIpc) is 3.31. The number of nitrogens with one attached hydrogen (secondary N) is 1. The van der Waals surface area contributed by atoms with Crippen LogP contribution in [0.15, 0.2) is 53.0 Å². The van der Waals surface area contributed by atoms with E-state index < -0.39 is 0 Å². The minimum absolute atomic E-state index is 0.581. The monoisotopic (exact) mass is 352 g/mol. The fraction of sp³-hybridized carbons (Fsp3) is 0.350. The maximum Gasteiger partial charge on any atom is 0.141 e. The van der Waals surface area contributed by atoms with Gasteiger partial charge in [0.15, 0.2) is 0 Å². The lowest BCUT2D eigenvalue weighted by atomic mass is 10.0. The first-order valence-corrected chi connectivity index (χ1v) is 9.88. The summed E-state index contributed by atoms with van der Waals surface area (Å²) in [6.45, 7) is 2.23. The molecule has 1 aliphatic heterocycles. The van der Waals surface area contributed by atoms with Crippen LogP contribution in [-0.4, -0.2) is 23.0 Å². The molecule has 5 heteroatoms. The van der Waals surface area contributed by atoms with E-state index >= 15 is 0 Å². The number of fused-ring (bicyclic) bond motifs is 1. The Bertz CT molecular complexity index is 857. The largest absolute Gasteiger partial charge is 0.383 e. The number of hydrogen-bond donors (Lipinski definition) is 2. The zero-order valence-electron chi connectivity index (χ0n) is 14.3. The topological polar surface area (TPSA) is 55.3 Å². The van der Waals surface area contributed by atoms with Crippen LogP contribution in [0.5, 0.6) is 0 Å². The molecule has 25 heavy (non-hydrogen) atoms. The van der Waals surface area contributed by atoms with Gasteiger partial charge in [-0.1, -0.05) is 12.5 Å². The number of benzene rings is 1. The fourth-order valence-electron chi connectivity index (χ4n) is 3.54. The SMILES string of the molecule is NC(=Nc1ccc2c(ccn2CCC2CCCCN2)c1)c1cccs1. The number of hydrogen-bond acceptors (Lipinski definition) is 3. The first kappa shape index (κ1) is 16.4. The number of nitrogens with zero attached hydrogens (tertiary/aromatic N) is 2. The molecule has 1 atom stereocenters. The van der Waals surface area contributed by atoms with E-state index in [0.717, 1.165) is 17.1 Å². The number of aryl methyl sites for hydroxylation is 1. The maximum atomic E-state index is 6.10. The summed E-state index contributed by atoms with van der Waals surface area (Å²) in [5, 5.41) is 6.86. The molecule has 1 aromatic carbocycles. The van der Waals surface area contributed by atoms with Gasteiger partial charge in [-0.2, -0.15) is 0 Å². The molecule has 0 radical (unpaired) electrons. The Hall–Kier alpha value is -2.11. The van der Waals surface area contributed by atoms with E-state index in [4.69, 9.17) is 5.73 Å². The summed E-state index contributed by atoms with van der Waals surface area (Å²) in [4.78, 5) is 5.58. The van der Waals surface area contributed by atoms with Gasteiger partial charge in [0, 0.05) is 29.7 Å². The summed E-state index contributed by atoms with van der Waals surface area (Å²) in [6.07, 6.45) is 7.36. The van der Waals surface area contributed by atoms with Crippen LogP contribution >= 0.6 is 11.3 Å². The summed E-state index contributed by atoms with van der Waals surface area (Å²) >= 11 is 1.61. The normalized spacial score (nSPS) is 18.7. The molecular weight excluding hydrogens is 328 g/mol. The van der Waals surface area contributed by atoms with E-state index in [1.807, 2.05) is 17.5 Å². The van der Waals surface area contributed by atoms with E-state index in [9.17, 15) is 0 Å². The van der Waals surface area contributed by atoms with Crippen molar-refractivity contribution in [2.75, 3.05) is 6.54 Å². The number of aliphatic imine (C=N–C) groups is 1. The van der Waals surface area contributed by atoms with Crippen LogP contribution in [0.1, 0.15) is 30.6 Å². The van der Waals surface area contributed by atoms with Gasteiger partial charge in [-0.25, -0.2) is 4.99 Å². The molecule has 0 bridgehead atoms. The first-order chi connectivity index (χ1) is 12.3. The van der Waals surface area contributed by atoms with Crippen LogP contribution in [-0.2, 0) is 6.54 Å². The minimum Gasteiger partial charge on any atom is -0.383 e. The number of thiophene rings is 1. The van der Waals surface area contributed by atoms with E-state index in [-0.39, 0.29) is 0 Å². The summed E-state index contributed by atoms with van der Waals surface area (Å²) in [5.74, 6) is 0.581. The standard InChI is InChI=1S/C20H24N4S/c21-20(19-5-3-13-25-19)23-17-6-7-18-15(14-17)8-11-24(18)12-9-16-4-1-2-10-22-16/h3,5-8,11,13-14,16,22H,1-2,4,9-10,12H2,(H2,21,23). The van der Waals surface area contributed by atoms with E-state index in [0.29, 0.717) is 11.9 Å². The van der Waals surface area contributed by atoms with Crippen molar-refractivity contribution < 1.29 is 0 Å². The lowest BCUT2D eigenvalue weighted by Crippen LogP contribution is -2.34. The Morgan fingerprint density at radius 3 is 3.04 bits per heavy atom. The summed E-state index contributed by atoms with van der Waals surface area (Å²) in [6, 6.07) is 13.2. The summed E-state index contributed by atoms with van der Waals surface area (Å²) in [5.41, 5.74) is 8.27. The van der Waals surface area contributed by atoms with Crippen LogP contribution in [0.2, 0.25) is 0 Å². The van der Waals surface area contributed by atoms with Crippen LogP contribution in [0.3, 0.4) is 0 Å². The van der Waals surface area contributed by atoms with Gasteiger partial charge in [-0.3, -0.25) is 0 Å². The number of rotatable bonds is 5. The highest BCUT2D eigenvalue weighted by Crippen LogP contribution is 2.24. The molecule has 0 aliphatic carbocycles. The molecule has 0 spiro atoms. The van der Waals surface area contributed by atoms with Crippen LogP contribution in [0.4, 0.5) is 5.69 Å². The van der Waals surface area contributed by atoms with E-state index in [1.165, 1.54) is 43.1 Å². The third kappa shape index (κ3) is 3.78. The van der Waals surface area contributed by atoms with Gasteiger partial charge in [-0.15, -0.1) is 11.3 Å². The molecule has 3 N–H and O–H groups in total. The van der Waals surface area contributed by atoms with Crippen molar-refractivity contribution in [3.63, 3.8) is 0 Å². The molecule has 0 amide bonds. The van der Waals surface area contributed by atoms with Gasteiger partial charge in [0.05, 0.1) is 10.6 Å². The number of piperidine rings is 1. The van der Waals surface area contributed by atoms with Crippen LogP contribution < -0.4 is 11.1 Å². The van der Waals surface area contributed by atoms with Gasteiger partial charge in [0.25, 0.3) is 0 Å². The predicted octanol–water partition coefficient (Wildman–Crippen LogP) is 4.27. The fourth-order valence-corrected chi connectivity index (χ4v) is 4.16. The Balaban J connectivity index is 1.49. The molecule has 0 saturated carbocycles. The highest BCUT2D eigenvalue weighted by Gasteiger charge is 2.12. The lowest BCUT2D eigenvalue weighted by molar-refractivity contribution is 0.368. The molecule has 3 heterocycles. The smallest absolute Gasteiger partial charge is 0.141 e. The molecule has 130 valence electrons. The zero-order valence-corrected chi connectivity index (χ0v) is 15.1. The highest BCUT2D eigenvalue weighted by molar-refractivity contribution is 7.12. The number of aromatic nitrogens is 1. The molecule has 1 saturated heterocycles. The average molecular weight is 353 g/mol. The summed E-state index contributed by atoms with van der Waals surface area (Å²) < 4.78 is 2.35. The third-order valence-electron chi connectivity index (χ3n) is 4.91. The number of amidine groups is 1. The van der Waals surface area contributed by atoms with Crippen molar-refractivity contribution in [3.05, 3.63) is 52.9 Å². The lowest BCUT2D eigenvalue weighted by Gasteiger charge is -2.23. The van der Waals surface area contributed by atoms with E-state index in [1.54, 1.807) is 11.3 Å². The first-order valence-electron chi connectivity index (χ1n) is 9.00. The maximum absolute atomic E-state index is 6.10. The second kappa shape index (κ2) is 7.42. The third-order valence-corrected chi connectivity index (χ3v) is 5.80. The van der Waals surface area contributed by atoms with Gasteiger partial charge in [0.2, 0.25) is 0 Å². The molecule has 3 aromatic rings. The molecule has 1 unspecified atom stereocenters. The zero-order chi connectivity index (χ0) is 17.1. The molecule has 2 aromatic heterocycles. The Kier molecular flexibility index (Phi) is 4.85. The van der Waals surface area contributed by atoms with Gasteiger partial charge < -0.3 is 15.6 Å². The molecule has 4 nitrogen and oxygen atoms in total. The molecule has 1 fully saturated rings. The second-order valence-electron chi connectivity index (χ2n) is 6.66. The van der Waals surface area contributed by atoms with Gasteiger partial charge >= 0.3 is 0 Å². The van der Waals surface area contributed by atoms with Crippen molar-refractivity contribution in [2.24, 2.45) is 10.7 Å². The quantitative estimate of drug-likeness (QED) is 0.532. The van der Waals surface area contributed by atoms with Crippen molar-refractivity contribution in [3.8, 4) is 0 Å². The van der Waals surface area contributed by atoms with Crippen molar-refractivity contribution in [1.82, 2.24) is 9.88 Å². The Labute approximate surface area is 152 Å². The summed E-state index contributed by atoms with van der Waals surface area (Å²) in [7, 11) is 0. The van der Waals surface area contributed by atoms with Gasteiger partial charge in [0.1, 0.15) is 5.84 Å².